The Labute approximate surface area is 298 Å². The molecule has 0 unspecified atom stereocenters. The predicted octanol–water partition coefficient (Wildman–Crippen LogP) is 2.98. The molecule has 2 aliphatic heterocycles. The van der Waals surface area contributed by atoms with Crippen molar-refractivity contribution in [2.75, 3.05) is 45.9 Å². The highest BCUT2D eigenvalue weighted by atomic mass is 35.5. The molecular formula is C34H44ClF3N6O7. The van der Waals surface area contributed by atoms with E-state index >= 15 is 0 Å². The van der Waals surface area contributed by atoms with Gasteiger partial charge >= 0.3 is 6.18 Å². The Bertz CT molecular complexity index is 1570. The maximum Gasteiger partial charge on any atom is 0.405 e. The molecular weight excluding hydrogens is 697 g/mol. The van der Waals surface area contributed by atoms with Crippen LogP contribution in [0.4, 0.5) is 13.2 Å². The van der Waals surface area contributed by atoms with E-state index in [1.165, 1.54) is 0 Å². The van der Waals surface area contributed by atoms with Crippen molar-refractivity contribution in [3.05, 3.63) is 59.0 Å². The molecule has 51 heavy (non-hydrogen) atoms. The summed E-state index contributed by atoms with van der Waals surface area (Å²) < 4.78 is 56.2. The van der Waals surface area contributed by atoms with Gasteiger partial charge in [0, 0.05) is 62.1 Å². The zero-order valence-corrected chi connectivity index (χ0v) is 29.0. The van der Waals surface area contributed by atoms with Crippen molar-refractivity contribution in [1.29, 1.82) is 0 Å². The number of aryl methyl sites for hydroxylation is 1. The highest BCUT2D eigenvalue weighted by molar-refractivity contribution is 6.30. The fourth-order valence-electron chi connectivity index (χ4n) is 6.29. The number of hydrogen-bond donors (Lipinski definition) is 4. The summed E-state index contributed by atoms with van der Waals surface area (Å²) in [6.45, 7) is 1.88. The summed E-state index contributed by atoms with van der Waals surface area (Å²) in [6.07, 6.45) is -4.97. The molecule has 13 nitrogen and oxygen atoms in total. The number of amides is 2. The number of aliphatic hydroxyl groups is 2. The molecule has 2 amide bonds. The number of furan rings is 1. The van der Waals surface area contributed by atoms with E-state index in [4.69, 9.17) is 25.2 Å². The molecule has 5 rings (SSSR count). The first-order valence-corrected chi connectivity index (χ1v) is 17.5. The number of nitrogens with zero attached hydrogens (tertiary/aromatic N) is 4. The van der Waals surface area contributed by atoms with Crippen LogP contribution < -0.4 is 10.6 Å². The summed E-state index contributed by atoms with van der Waals surface area (Å²) in [7, 11) is 0. The van der Waals surface area contributed by atoms with Gasteiger partial charge in [0.15, 0.2) is 0 Å². The molecule has 3 aromatic rings. The van der Waals surface area contributed by atoms with Crippen molar-refractivity contribution < 1.29 is 46.5 Å². The van der Waals surface area contributed by atoms with Crippen LogP contribution in [-0.4, -0.2) is 118 Å². The second-order valence-electron chi connectivity index (χ2n) is 13.0. The van der Waals surface area contributed by atoms with E-state index in [1.54, 1.807) is 23.1 Å². The van der Waals surface area contributed by atoms with E-state index in [0.717, 1.165) is 12.0 Å². The van der Waals surface area contributed by atoms with E-state index in [-0.39, 0.29) is 45.0 Å². The number of rotatable bonds is 15. The third-order valence-electron chi connectivity index (χ3n) is 8.93. The highest BCUT2D eigenvalue weighted by Crippen LogP contribution is 2.26. The molecule has 4 N–H and O–H groups in total. The molecule has 2 aromatic heterocycles. The SMILES string of the molecule is CCCc1nnc(C[C@H](C[C@H](O)CN2CCN(Cc3ccc(-c4ccc(Cl)cc4)o3)C[C@H]2C(=O)NCC(F)(F)F)C(=O)N[C@H]2CCOC[C@H]2O)o1. The molecule has 4 heterocycles. The number of nitrogens with one attached hydrogen (secondary N) is 2. The van der Waals surface area contributed by atoms with Gasteiger partial charge in [-0.25, -0.2) is 0 Å². The van der Waals surface area contributed by atoms with Crippen LogP contribution in [0.2, 0.25) is 5.02 Å². The number of alkyl halides is 3. The summed E-state index contributed by atoms with van der Waals surface area (Å²) in [5, 5.41) is 35.2. The summed E-state index contributed by atoms with van der Waals surface area (Å²) in [5.41, 5.74) is 0.824. The fourth-order valence-corrected chi connectivity index (χ4v) is 6.42. The van der Waals surface area contributed by atoms with E-state index in [2.05, 4.69) is 15.5 Å². The van der Waals surface area contributed by atoms with Crippen LogP contribution in [0.1, 0.15) is 43.7 Å². The monoisotopic (exact) mass is 740 g/mol. The van der Waals surface area contributed by atoms with Crippen molar-refractivity contribution in [1.82, 2.24) is 30.6 Å². The summed E-state index contributed by atoms with van der Waals surface area (Å²) >= 11 is 5.99. The topological polar surface area (TPSA) is 166 Å². The molecule has 0 bridgehead atoms. The Kier molecular flexibility index (Phi) is 13.5. The number of β-amino-alcohol motifs (C(OH)–C–C–N with tert-alkyl or cyclic N) is 1. The minimum atomic E-state index is -4.61. The molecule has 0 saturated carbocycles. The largest absolute Gasteiger partial charge is 0.460 e. The number of aliphatic hydroxyl groups excluding tert-OH is 2. The lowest BCUT2D eigenvalue weighted by Crippen LogP contribution is -2.60. The Morgan fingerprint density at radius 2 is 1.86 bits per heavy atom. The van der Waals surface area contributed by atoms with Crippen LogP contribution in [0.15, 0.2) is 45.2 Å². The molecule has 0 spiro atoms. The summed E-state index contributed by atoms with van der Waals surface area (Å²) in [4.78, 5) is 30.3. The quantitative estimate of drug-likeness (QED) is 0.181. The summed E-state index contributed by atoms with van der Waals surface area (Å²) in [5.74, 6) is -0.248. The Balaban J connectivity index is 1.26. The number of piperazine rings is 1. The number of benzene rings is 1. The molecule has 0 aliphatic carbocycles. The van der Waals surface area contributed by atoms with Gasteiger partial charge < -0.3 is 34.4 Å². The third kappa shape index (κ3) is 11.5. The number of hydrogen-bond acceptors (Lipinski definition) is 11. The first-order chi connectivity index (χ1) is 24.4. The zero-order chi connectivity index (χ0) is 36.5. The molecule has 0 radical (unpaired) electrons. The molecule has 2 fully saturated rings. The lowest BCUT2D eigenvalue weighted by atomic mass is 9.94. The lowest BCUT2D eigenvalue weighted by Gasteiger charge is -2.41. The molecule has 2 aliphatic rings. The van der Waals surface area contributed by atoms with Crippen molar-refractivity contribution in [2.24, 2.45) is 5.92 Å². The van der Waals surface area contributed by atoms with Gasteiger partial charge in [-0.05, 0) is 55.7 Å². The molecule has 2 saturated heterocycles. The van der Waals surface area contributed by atoms with Crippen LogP contribution in [0.25, 0.3) is 11.3 Å². The van der Waals surface area contributed by atoms with E-state index < -0.39 is 54.7 Å². The normalized spacial score (nSPS) is 21.7. The molecule has 1 aromatic carbocycles. The van der Waals surface area contributed by atoms with Gasteiger partial charge in [0.05, 0.1) is 31.4 Å². The lowest BCUT2D eigenvalue weighted by molar-refractivity contribution is -0.143. The summed E-state index contributed by atoms with van der Waals surface area (Å²) in [6, 6.07) is 9.18. The Morgan fingerprint density at radius 3 is 2.59 bits per heavy atom. The second kappa shape index (κ2) is 17.8. The number of halogens is 4. The van der Waals surface area contributed by atoms with Crippen molar-refractivity contribution in [2.45, 2.75) is 76.0 Å². The molecule has 5 atom stereocenters. The average molecular weight is 741 g/mol. The number of ether oxygens (including phenoxy) is 1. The van der Waals surface area contributed by atoms with Crippen LogP contribution in [-0.2, 0) is 33.7 Å². The van der Waals surface area contributed by atoms with E-state index in [9.17, 15) is 33.0 Å². The minimum absolute atomic E-state index is 0.0172. The number of aromatic nitrogens is 2. The number of carbonyl (C=O) groups excluding carboxylic acids is 2. The highest BCUT2D eigenvalue weighted by Gasteiger charge is 2.37. The van der Waals surface area contributed by atoms with E-state index in [1.807, 2.05) is 35.3 Å². The first kappa shape index (κ1) is 38.7. The number of carbonyl (C=O) groups is 2. The molecule has 280 valence electrons. The van der Waals surface area contributed by atoms with Gasteiger partial charge in [-0.15, -0.1) is 10.2 Å². The molecule has 17 heteroatoms. The maximum absolute atomic E-state index is 13.5. The Morgan fingerprint density at radius 1 is 1.10 bits per heavy atom. The maximum atomic E-state index is 13.5. The van der Waals surface area contributed by atoms with Gasteiger partial charge in [0.25, 0.3) is 0 Å². The zero-order valence-electron chi connectivity index (χ0n) is 28.3. The first-order valence-electron chi connectivity index (χ1n) is 17.1. The van der Waals surface area contributed by atoms with Crippen LogP contribution in [0, 0.1) is 5.92 Å². The van der Waals surface area contributed by atoms with Gasteiger partial charge in [-0.1, -0.05) is 18.5 Å². The average Bonchev–Trinajstić information content (AvgIpc) is 3.74. The van der Waals surface area contributed by atoms with Crippen molar-refractivity contribution >= 4 is 23.4 Å². The van der Waals surface area contributed by atoms with Gasteiger partial charge in [0.1, 0.15) is 24.1 Å². The van der Waals surface area contributed by atoms with Gasteiger partial charge in [0.2, 0.25) is 23.6 Å². The van der Waals surface area contributed by atoms with Gasteiger partial charge in [-0.3, -0.25) is 19.4 Å². The fraction of sp³-hybridized carbons (Fsp3) is 0.588. The smallest absolute Gasteiger partial charge is 0.405 e. The predicted molar refractivity (Wildman–Crippen MR) is 178 cm³/mol. The van der Waals surface area contributed by atoms with Crippen molar-refractivity contribution in [3.63, 3.8) is 0 Å². The third-order valence-corrected chi connectivity index (χ3v) is 9.18. The van der Waals surface area contributed by atoms with Crippen LogP contribution in [0.5, 0.6) is 0 Å². The minimum Gasteiger partial charge on any atom is -0.460 e. The van der Waals surface area contributed by atoms with Crippen LogP contribution >= 0.6 is 11.6 Å². The van der Waals surface area contributed by atoms with Crippen LogP contribution in [0.3, 0.4) is 0 Å². The van der Waals surface area contributed by atoms with E-state index in [0.29, 0.717) is 55.0 Å². The van der Waals surface area contributed by atoms with Crippen molar-refractivity contribution in [3.8, 4) is 11.3 Å². The second-order valence-corrected chi connectivity index (χ2v) is 13.5. The van der Waals surface area contributed by atoms with Gasteiger partial charge in [-0.2, -0.15) is 13.2 Å². The standard InChI is InChI=1S/C34H44ClF3N6O7/c1-2-3-30-41-42-31(51-30)15-22(32(47)40-26-10-13-49-19-28(26)46)14-24(45)16-44-12-11-43(18-27(44)33(48)39-20-34(36,37)38)17-25-8-9-29(50-25)21-4-6-23(35)7-5-21/h4-9,22,24,26-28,45-46H,2-3,10-20H2,1H3,(H,39,48)(H,40,47)/t22-,24-,26-,27-,28+/m0/s1. The Hall–Kier alpha value is -3.54.